The highest BCUT2D eigenvalue weighted by atomic mass is 32.2. The number of rotatable bonds is 4. The van der Waals surface area contributed by atoms with Crippen LogP contribution in [0.15, 0.2) is 35.2 Å². The predicted molar refractivity (Wildman–Crippen MR) is 84.8 cm³/mol. The minimum Gasteiger partial charge on any atom is -0.478 e. The first-order valence-electron chi connectivity index (χ1n) is 6.76. The summed E-state index contributed by atoms with van der Waals surface area (Å²) in [6, 6.07) is 6.68. The maximum atomic E-state index is 13.5. The molecular weight excluding hydrogens is 321 g/mol. The van der Waals surface area contributed by atoms with E-state index in [9.17, 15) is 17.6 Å². The summed E-state index contributed by atoms with van der Waals surface area (Å²) in [5.41, 5.74) is 1.07. The first-order chi connectivity index (χ1) is 10.6. The second kappa shape index (κ2) is 6.00. The number of hydrogen-bond acceptors (Lipinski definition) is 3. The molecule has 0 atom stereocenters. The van der Waals surface area contributed by atoms with Crippen molar-refractivity contribution in [3.63, 3.8) is 0 Å². The smallest absolute Gasteiger partial charge is 0.335 e. The van der Waals surface area contributed by atoms with Crippen molar-refractivity contribution in [1.82, 2.24) is 0 Å². The number of nitrogens with one attached hydrogen (secondary N) is 1. The molecule has 0 amide bonds. The zero-order chi connectivity index (χ0) is 17.4. The molecule has 0 aliphatic heterocycles. The summed E-state index contributed by atoms with van der Waals surface area (Å²) >= 11 is 0. The van der Waals surface area contributed by atoms with Crippen molar-refractivity contribution in [2.75, 3.05) is 4.72 Å². The Balaban J connectivity index is 2.54. The van der Waals surface area contributed by atoms with Gasteiger partial charge in [-0.05, 0) is 50.1 Å². The van der Waals surface area contributed by atoms with Crippen LogP contribution in [-0.4, -0.2) is 19.5 Å². The third kappa shape index (κ3) is 3.34. The lowest BCUT2D eigenvalue weighted by atomic mass is 10.1. The molecule has 0 bridgehead atoms. The number of aromatic carboxylic acids is 1. The molecule has 0 saturated carbocycles. The Morgan fingerprint density at radius 3 is 2.39 bits per heavy atom. The maximum Gasteiger partial charge on any atom is 0.335 e. The molecule has 2 N–H and O–H groups in total. The maximum absolute atomic E-state index is 13.5. The number of sulfonamides is 1. The summed E-state index contributed by atoms with van der Waals surface area (Å²) in [5, 5.41) is 9.15. The SMILES string of the molecule is Cc1cc(C)c(S(=O)(=O)Nc2cccc(F)c2C)cc1C(=O)O. The molecule has 0 saturated heterocycles. The second-order valence-corrected chi connectivity index (χ2v) is 6.91. The molecule has 2 aromatic carbocycles. The molecule has 0 heterocycles. The predicted octanol–water partition coefficient (Wildman–Crippen LogP) is 3.25. The van der Waals surface area contributed by atoms with Crippen molar-refractivity contribution in [2.24, 2.45) is 0 Å². The average molecular weight is 337 g/mol. The van der Waals surface area contributed by atoms with E-state index in [1.165, 1.54) is 31.2 Å². The number of carbonyl (C=O) groups is 1. The average Bonchev–Trinajstić information content (AvgIpc) is 2.43. The van der Waals surface area contributed by atoms with Gasteiger partial charge < -0.3 is 5.11 Å². The molecule has 2 aromatic rings. The highest BCUT2D eigenvalue weighted by molar-refractivity contribution is 7.92. The van der Waals surface area contributed by atoms with Gasteiger partial charge in [0.25, 0.3) is 10.0 Å². The lowest BCUT2D eigenvalue weighted by Gasteiger charge is -2.14. The van der Waals surface area contributed by atoms with E-state index < -0.39 is 21.8 Å². The topological polar surface area (TPSA) is 83.5 Å². The van der Waals surface area contributed by atoms with Crippen LogP contribution in [0.4, 0.5) is 10.1 Å². The van der Waals surface area contributed by atoms with E-state index in [0.29, 0.717) is 11.1 Å². The van der Waals surface area contributed by atoms with Crippen LogP contribution in [0, 0.1) is 26.6 Å². The molecule has 0 spiro atoms. The number of carboxylic acid groups (broad SMARTS) is 1. The Labute approximate surface area is 133 Å². The van der Waals surface area contributed by atoms with Crippen LogP contribution in [0.2, 0.25) is 0 Å². The van der Waals surface area contributed by atoms with Gasteiger partial charge in [0.1, 0.15) is 5.82 Å². The van der Waals surface area contributed by atoms with Crippen LogP contribution in [0.5, 0.6) is 0 Å². The summed E-state index contributed by atoms with van der Waals surface area (Å²) in [6.07, 6.45) is 0. The Morgan fingerprint density at radius 1 is 1.13 bits per heavy atom. The largest absolute Gasteiger partial charge is 0.478 e. The van der Waals surface area contributed by atoms with E-state index in [2.05, 4.69) is 4.72 Å². The molecule has 0 aliphatic rings. The second-order valence-electron chi connectivity index (χ2n) is 5.26. The van der Waals surface area contributed by atoms with Gasteiger partial charge in [-0.1, -0.05) is 12.1 Å². The zero-order valence-corrected chi connectivity index (χ0v) is 13.7. The van der Waals surface area contributed by atoms with Crippen LogP contribution in [-0.2, 0) is 10.0 Å². The van der Waals surface area contributed by atoms with Gasteiger partial charge in [-0.3, -0.25) is 4.72 Å². The monoisotopic (exact) mass is 337 g/mol. The number of anilines is 1. The Hall–Kier alpha value is -2.41. The van der Waals surface area contributed by atoms with E-state index in [4.69, 9.17) is 5.11 Å². The molecule has 7 heteroatoms. The minimum atomic E-state index is -4.04. The molecule has 0 unspecified atom stereocenters. The molecule has 0 aliphatic carbocycles. The molecule has 0 radical (unpaired) electrons. The van der Waals surface area contributed by atoms with Crippen molar-refractivity contribution in [1.29, 1.82) is 0 Å². The van der Waals surface area contributed by atoms with E-state index in [0.717, 1.165) is 6.07 Å². The Kier molecular flexibility index (Phi) is 4.42. The van der Waals surface area contributed by atoms with E-state index >= 15 is 0 Å². The first kappa shape index (κ1) is 17.0. The van der Waals surface area contributed by atoms with Crippen molar-refractivity contribution in [3.05, 3.63) is 58.4 Å². The third-order valence-corrected chi connectivity index (χ3v) is 5.06. The number of carboxylic acids is 1. The third-order valence-electron chi connectivity index (χ3n) is 3.55. The van der Waals surface area contributed by atoms with E-state index in [1.54, 1.807) is 13.8 Å². The van der Waals surface area contributed by atoms with Gasteiger partial charge in [0, 0.05) is 5.56 Å². The zero-order valence-electron chi connectivity index (χ0n) is 12.8. The quantitative estimate of drug-likeness (QED) is 0.897. The summed E-state index contributed by atoms with van der Waals surface area (Å²) in [6.45, 7) is 4.63. The van der Waals surface area contributed by atoms with Crippen molar-refractivity contribution in [2.45, 2.75) is 25.7 Å². The van der Waals surface area contributed by atoms with Crippen LogP contribution in [0.1, 0.15) is 27.0 Å². The van der Waals surface area contributed by atoms with Gasteiger partial charge >= 0.3 is 5.97 Å². The summed E-state index contributed by atoms with van der Waals surface area (Å²) < 4.78 is 40.9. The summed E-state index contributed by atoms with van der Waals surface area (Å²) in [7, 11) is -4.04. The lowest BCUT2D eigenvalue weighted by molar-refractivity contribution is 0.0696. The molecule has 122 valence electrons. The fraction of sp³-hybridized carbons (Fsp3) is 0.188. The standard InChI is InChI=1S/C16H16FNO4S/c1-9-7-10(2)15(8-12(9)16(19)20)23(21,22)18-14-6-4-5-13(17)11(14)3/h4-8,18H,1-3H3,(H,19,20). The van der Waals surface area contributed by atoms with E-state index in [-0.39, 0.29) is 21.7 Å². The lowest BCUT2D eigenvalue weighted by Crippen LogP contribution is -2.16. The first-order valence-corrected chi connectivity index (χ1v) is 8.24. The van der Waals surface area contributed by atoms with Crippen LogP contribution in [0.3, 0.4) is 0 Å². The highest BCUT2D eigenvalue weighted by Crippen LogP contribution is 2.25. The Bertz CT molecular complexity index is 891. The molecular formula is C16H16FNO4S. The van der Waals surface area contributed by atoms with Crippen LogP contribution >= 0.6 is 0 Å². The van der Waals surface area contributed by atoms with Gasteiger partial charge in [-0.25, -0.2) is 17.6 Å². The molecule has 0 fully saturated rings. The van der Waals surface area contributed by atoms with Crippen LogP contribution in [0.25, 0.3) is 0 Å². The number of hydrogen-bond donors (Lipinski definition) is 2. The molecule has 23 heavy (non-hydrogen) atoms. The summed E-state index contributed by atoms with van der Waals surface area (Å²) in [4.78, 5) is 11.1. The van der Waals surface area contributed by atoms with Crippen LogP contribution < -0.4 is 4.72 Å². The number of aryl methyl sites for hydroxylation is 2. The van der Waals surface area contributed by atoms with E-state index in [1.807, 2.05) is 0 Å². The molecule has 0 aromatic heterocycles. The fourth-order valence-electron chi connectivity index (χ4n) is 2.27. The van der Waals surface area contributed by atoms with Gasteiger partial charge in [0.2, 0.25) is 0 Å². The molecule has 5 nitrogen and oxygen atoms in total. The van der Waals surface area contributed by atoms with Gasteiger partial charge in [-0.15, -0.1) is 0 Å². The fourth-order valence-corrected chi connectivity index (χ4v) is 3.65. The number of halogens is 1. The van der Waals surface area contributed by atoms with Crippen molar-refractivity contribution < 1.29 is 22.7 Å². The highest BCUT2D eigenvalue weighted by Gasteiger charge is 2.21. The normalized spacial score (nSPS) is 11.3. The molecule has 2 rings (SSSR count). The Morgan fingerprint density at radius 2 is 1.78 bits per heavy atom. The van der Waals surface area contributed by atoms with Gasteiger partial charge in [0.15, 0.2) is 0 Å². The van der Waals surface area contributed by atoms with Crippen molar-refractivity contribution in [3.8, 4) is 0 Å². The number of benzene rings is 2. The van der Waals surface area contributed by atoms with Gasteiger partial charge in [0.05, 0.1) is 16.1 Å². The minimum absolute atomic E-state index is 0.0908. The summed E-state index contributed by atoms with van der Waals surface area (Å²) in [5.74, 6) is -1.74. The van der Waals surface area contributed by atoms with Gasteiger partial charge in [-0.2, -0.15) is 0 Å². The van der Waals surface area contributed by atoms with Crippen molar-refractivity contribution >= 4 is 21.7 Å².